The Morgan fingerprint density at radius 2 is 1.67 bits per heavy atom. The van der Waals surface area contributed by atoms with E-state index >= 15 is 0 Å². The second-order valence-electron chi connectivity index (χ2n) is 4.32. The normalized spacial score (nSPS) is 12.4. The first-order valence-electron chi connectivity index (χ1n) is 5.92. The fraction of sp³-hybridized carbons (Fsp3) is 0.200. The second-order valence-corrected chi connectivity index (χ2v) is 5.41. The van der Waals surface area contributed by atoms with Crippen LogP contribution < -0.4 is 5.73 Å². The number of hydrogen-bond acceptors (Lipinski definition) is 2. The zero-order chi connectivity index (χ0) is 13.0. The minimum Gasteiger partial charge on any atom is -0.328 e. The van der Waals surface area contributed by atoms with Crippen LogP contribution in [0.5, 0.6) is 0 Å². The Labute approximate surface area is 111 Å². The molecule has 0 amide bonds. The average molecular weight is 261 g/mol. The first kappa shape index (κ1) is 13.1. The summed E-state index contributed by atoms with van der Waals surface area (Å²) in [6.45, 7) is 1.98. The molecule has 0 bridgehead atoms. The molecule has 0 fully saturated rings. The molecule has 2 rings (SSSR count). The zero-order valence-electron chi connectivity index (χ0n) is 10.3. The molecule has 0 aromatic heterocycles. The van der Waals surface area contributed by atoms with Gasteiger partial charge in [-0.05, 0) is 37.1 Å². The van der Waals surface area contributed by atoms with Crippen LogP contribution in [0.4, 0.5) is 4.39 Å². The van der Waals surface area contributed by atoms with Gasteiger partial charge in [0.15, 0.2) is 0 Å². The van der Waals surface area contributed by atoms with Crippen molar-refractivity contribution < 1.29 is 4.39 Å². The van der Waals surface area contributed by atoms with Gasteiger partial charge in [0.2, 0.25) is 0 Å². The third-order valence-corrected chi connectivity index (χ3v) is 3.74. The summed E-state index contributed by atoms with van der Waals surface area (Å²) in [6, 6.07) is 14.9. The molecule has 0 radical (unpaired) electrons. The highest BCUT2D eigenvalue weighted by molar-refractivity contribution is 7.99. The van der Waals surface area contributed by atoms with Gasteiger partial charge in [-0.2, -0.15) is 0 Å². The third-order valence-electron chi connectivity index (χ3n) is 2.57. The molecule has 1 unspecified atom stereocenters. The van der Waals surface area contributed by atoms with E-state index in [2.05, 4.69) is 0 Å². The number of nitrogens with two attached hydrogens (primary N) is 1. The molecule has 0 saturated carbocycles. The lowest BCUT2D eigenvalue weighted by atomic mass is 10.1. The number of halogens is 1. The van der Waals surface area contributed by atoms with Gasteiger partial charge in [-0.15, -0.1) is 0 Å². The van der Waals surface area contributed by atoms with Crippen LogP contribution in [0.3, 0.4) is 0 Å². The Bertz CT molecular complexity index is 525. The van der Waals surface area contributed by atoms with E-state index in [1.165, 1.54) is 23.4 Å². The van der Waals surface area contributed by atoms with Crippen LogP contribution in [0.2, 0.25) is 0 Å². The van der Waals surface area contributed by atoms with E-state index in [1.54, 1.807) is 12.1 Å². The van der Waals surface area contributed by atoms with Crippen molar-refractivity contribution in [3.8, 4) is 0 Å². The van der Waals surface area contributed by atoms with Gasteiger partial charge in [0, 0.05) is 15.8 Å². The van der Waals surface area contributed by atoms with E-state index < -0.39 is 0 Å². The van der Waals surface area contributed by atoms with Crippen LogP contribution >= 0.6 is 11.8 Å². The molecule has 18 heavy (non-hydrogen) atoms. The van der Waals surface area contributed by atoms with Crippen LogP contribution in [0.1, 0.15) is 12.5 Å². The minimum atomic E-state index is -0.182. The lowest BCUT2D eigenvalue weighted by molar-refractivity contribution is 0.602. The monoisotopic (exact) mass is 261 g/mol. The van der Waals surface area contributed by atoms with Crippen molar-refractivity contribution in [2.24, 2.45) is 5.73 Å². The quantitative estimate of drug-likeness (QED) is 0.904. The van der Waals surface area contributed by atoms with Gasteiger partial charge in [-0.3, -0.25) is 0 Å². The molecule has 1 atom stereocenters. The van der Waals surface area contributed by atoms with Crippen molar-refractivity contribution in [3.05, 3.63) is 59.9 Å². The predicted octanol–water partition coefficient (Wildman–Crippen LogP) is 3.87. The number of rotatable bonds is 4. The van der Waals surface area contributed by atoms with E-state index in [1.807, 2.05) is 37.3 Å². The van der Waals surface area contributed by atoms with E-state index in [-0.39, 0.29) is 11.9 Å². The summed E-state index contributed by atoms with van der Waals surface area (Å²) >= 11 is 1.45. The molecule has 0 aliphatic carbocycles. The van der Waals surface area contributed by atoms with Gasteiger partial charge < -0.3 is 5.73 Å². The highest BCUT2D eigenvalue weighted by Crippen LogP contribution is 2.32. The predicted molar refractivity (Wildman–Crippen MR) is 74.3 cm³/mol. The maximum Gasteiger partial charge on any atom is 0.137 e. The van der Waals surface area contributed by atoms with Gasteiger partial charge in [0.25, 0.3) is 0 Å². The van der Waals surface area contributed by atoms with Crippen LogP contribution in [0.25, 0.3) is 0 Å². The van der Waals surface area contributed by atoms with Gasteiger partial charge in [0.1, 0.15) is 5.82 Å². The standard InChI is InChI=1S/C15H16FNS/c1-11(17)10-12-6-2-4-8-14(12)18-15-9-5-3-7-13(15)16/h2-9,11H,10,17H2,1H3. The Balaban J connectivity index is 2.26. The van der Waals surface area contributed by atoms with Crippen LogP contribution in [0.15, 0.2) is 58.3 Å². The van der Waals surface area contributed by atoms with Crippen molar-refractivity contribution >= 4 is 11.8 Å². The van der Waals surface area contributed by atoms with Crippen molar-refractivity contribution in [3.63, 3.8) is 0 Å². The summed E-state index contributed by atoms with van der Waals surface area (Å²) in [5, 5.41) is 0. The third kappa shape index (κ3) is 3.34. The zero-order valence-corrected chi connectivity index (χ0v) is 11.1. The summed E-state index contributed by atoms with van der Waals surface area (Å²) in [5.74, 6) is -0.182. The molecular formula is C15H16FNS. The molecule has 0 heterocycles. The molecule has 2 aromatic carbocycles. The summed E-state index contributed by atoms with van der Waals surface area (Å²) in [5.41, 5.74) is 7.00. The fourth-order valence-corrected chi connectivity index (χ4v) is 2.74. The van der Waals surface area contributed by atoms with Crippen molar-refractivity contribution in [1.82, 2.24) is 0 Å². The van der Waals surface area contributed by atoms with Gasteiger partial charge >= 0.3 is 0 Å². The lowest BCUT2D eigenvalue weighted by Crippen LogP contribution is -2.18. The van der Waals surface area contributed by atoms with Crippen molar-refractivity contribution in [1.29, 1.82) is 0 Å². The highest BCUT2D eigenvalue weighted by Gasteiger charge is 2.08. The second kappa shape index (κ2) is 6.03. The topological polar surface area (TPSA) is 26.0 Å². The summed E-state index contributed by atoms with van der Waals surface area (Å²) in [4.78, 5) is 1.72. The van der Waals surface area contributed by atoms with Gasteiger partial charge in [-0.1, -0.05) is 42.1 Å². The van der Waals surface area contributed by atoms with E-state index in [9.17, 15) is 4.39 Å². The molecule has 0 saturated heterocycles. The Morgan fingerprint density at radius 3 is 2.33 bits per heavy atom. The van der Waals surface area contributed by atoms with Gasteiger partial charge in [-0.25, -0.2) is 4.39 Å². The lowest BCUT2D eigenvalue weighted by Gasteiger charge is -2.11. The van der Waals surface area contributed by atoms with Crippen LogP contribution in [0, 0.1) is 5.82 Å². The SMILES string of the molecule is CC(N)Cc1ccccc1Sc1ccccc1F. The maximum absolute atomic E-state index is 13.6. The average Bonchev–Trinajstić information content (AvgIpc) is 2.34. The number of benzene rings is 2. The smallest absolute Gasteiger partial charge is 0.137 e. The number of hydrogen-bond donors (Lipinski definition) is 1. The van der Waals surface area contributed by atoms with Crippen LogP contribution in [-0.2, 0) is 6.42 Å². The van der Waals surface area contributed by atoms with Crippen molar-refractivity contribution in [2.45, 2.75) is 29.2 Å². The van der Waals surface area contributed by atoms with E-state index in [0.29, 0.717) is 4.90 Å². The molecule has 0 aliphatic heterocycles. The Kier molecular flexibility index (Phi) is 4.39. The molecular weight excluding hydrogens is 245 g/mol. The molecule has 2 N–H and O–H groups in total. The Hall–Kier alpha value is -1.32. The molecule has 0 aliphatic rings. The largest absolute Gasteiger partial charge is 0.328 e. The minimum absolute atomic E-state index is 0.104. The maximum atomic E-state index is 13.6. The van der Waals surface area contributed by atoms with Gasteiger partial charge in [0.05, 0.1) is 0 Å². The molecule has 2 aromatic rings. The fourth-order valence-electron chi connectivity index (χ4n) is 1.76. The van der Waals surface area contributed by atoms with Crippen molar-refractivity contribution in [2.75, 3.05) is 0 Å². The first-order valence-corrected chi connectivity index (χ1v) is 6.74. The Morgan fingerprint density at radius 1 is 1.06 bits per heavy atom. The van der Waals surface area contributed by atoms with E-state index in [4.69, 9.17) is 5.73 Å². The summed E-state index contributed by atoms with van der Waals surface area (Å²) in [7, 11) is 0. The molecule has 1 nitrogen and oxygen atoms in total. The highest BCUT2D eigenvalue weighted by atomic mass is 32.2. The summed E-state index contributed by atoms with van der Waals surface area (Å²) in [6.07, 6.45) is 0.803. The molecule has 0 spiro atoms. The molecule has 94 valence electrons. The van der Waals surface area contributed by atoms with Crippen LogP contribution in [-0.4, -0.2) is 6.04 Å². The first-order chi connectivity index (χ1) is 8.66. The van der Waals surface area contributed by atoms with E-state index in [0.717, 1.165) is 11.3 Å². The molecule has 3 heteroatoms. The summed E-state index contributed by atoms with van der Waals surface area (Å²) < 4.78 is 13.6.